The van der Waals surface area contributed by atoms with E-state index in [1.54, 1.807) is 72.8 Å². The average Bonchev–Trinajstić information content (AvgIpc) is 3.47. The zero-order valence-electron chi connectivity index (χ0n) is 23.8. The Balaban J connectivity index is 1.36. The van der Waals surface area contributed by atoms with E-state index in [1.807, 2.05) is 0 Å². The number of halogens is 2. The molecule has 0 aliphatic rings. The van der Waals surface area contributed by atoms with Crippen molar-refractivity contribution >= 4 is 68.6 Å². The Morgan fingerprint density at radius 2 is 1.83 bits per heavy atom. The number of amides is 1. The number of ether oxygens (including phenoxy) is 2. The summed E-state index contributed by atoms with van der Waals surface area (Å²) in [5.41, 5.74) is 0.627. The first-order valence-corrected chi connectivity index (χ1v) is 14.3. The monoisotopic (exact) mass is 657 g/mol. The molecular formula is C32H21Cl2N5O7. The van der Waals surface area contributed by atoms with Gasteiger partial charge in [0.1, 0.15) is 5.58 Å². The number of nitrogens with zero attached hydrogens (tertiary/aromatic N) is 4. The fourth-order valence-electron chi connectivity index (χ4n) is 4.62. The van der Waals surface area contributed by atoms with Gasteiger partial charge in [-0.3, -0.25) is 19.7 Å². The average molecular weight is 658 g/mol. The third-order valence-electron chi connectivity index (χ3n) is 6.72. The molecule has 0 bridgehead atoms. The highest BCUT2D eigenvalue weighted by Gasteiger charge is 2.24. The Bertz CT molecular complexity index is 2230. The first kappa shape index (κ1) is 30.3. The van der Waals surface area contributed by atoms with Crippen LogP contribution >= 0.6 is 23.2 Å². The van der Waals surface area contributed by atoms with E-state index in [-0.39, 0.29) is 28.6 Å². The van der Waals surface area contributed by atoms with Gasteiger partial charge in [-0.05, 0) is 66.7 Å². The molecule has 0 unspecified atom stereocenters. The van der Waals surface area contributed by atoms with E-state index in [0.717, 1.165) is 4.68 Å². The highest BCUT2D eigenvalue weighted by molar-refractivity contribution is 6.31. The summed E-state index contributed by atoms with van der Waals surface area (Å²) in [6.45, 7) is -0.544. The number of hydrogen-bond donors (Lipinski definition) is 1. The van der Waals surface area contributed by atoms with Crippen LogP contribution in [0.2, 0.25) is 10.0 Å². The molecule has 14 heteroatoms. The lowest BCUT2D eigenvalue weighted by molar-refractivity contribution is -0.385. The molecule has 0 aliphatic heterocycles. The highest BCUT2D eigenvalue weighted by atomic mass is 35.5. The molecule has 0 saturated heterocycles. The first-order chi connectivity index (χ1) is 22.2. The van der Waals surface area contributed by atoms with E-state index in [9.17, 15) is 19.7 Å². The van der Waals surface area contributed by atoms with Gasteiger partial charge in [0.2, 0.25) is 11.6 Å². The van der Waals surface area contributed by atoms with Crippen LogP contribution in [0.1, 0.15) is 5.56 Å². The molecule has 12 nitrogen and oxygen atoms in total. The van der Waals surface area contributed by atoms with Gasteiger partial charge in [0.15, 0.2) is 18.1 Å². The standard InChI is InChI=1S/C32H21Cl2N5O7/c1-44-27-13-18(12-25(39(42)43)30(27)45-17-29(40)36-22-9-6-20(33)7-10-22)16-35-38-31(37-24-5-3-2-4-23(24)32(38)41)28-15-19-14-21(34)8-11-26(19)46-28/h2-16H,17H2,1H3,(H,36,40). The SMILES string of the molecule is COc1cc(C=Nn2c(-c3cc4cc(Cl)ccc4o3)nc3ccccc3c2=O)cc([N+](=O)[O-])c1OCC(=O)Nc1ccc(Cl)cc1. The molecule has 0 radical (unpaired) electrons. The maximum Gasteiger partial charge on any atom is 0.315 e. The number of nitro groups is 1. The molecule has 0 spiro atoms. The van der Waals surface area contributed by atoms with Gasteiger partial charge in [-0.1, -0.05) is 35.3 Å². The third kappa shape index (κ3) is 6.25. The number of carbonyl (C=O) groups is 1. The van der Waals surface area contributed by atoms with Crippen molar-refractivity contribution in [3.8, 4) is 23.1 Å². The third-order valence-corrected chi connectivity index (χ3v) is 7.21. The van der Waals surface area contributed by atoms with Crippen molar-refractivity contribution in [3.05, 3.63) is 121 Å². The lowest BCUT2D eigenvalue weighted by atomic mass is 10.2. The van der Waals surface area contributed by atoms with Crippen molar-refractivity contribution in [1.29, 1.82) is 0 Å². The quantitative estimate of drug-likeness (QED) is 0.0998. The number of methoxy groups -OCH3 is 1. The van der Waals surface area contributed by atoms with Gasteiger partial charge in [-0.15, -0.1) is 0 Å². The summed E-state index contributed by atoms with van der Waals surface area (Å²) >= 11 is 12.0. The molecule has 2 heterocycles. The summed E-state index contributed by atoms with van der Waals surface area (Å²) in [6.07, 6.45) is 1.24. The number of fused-ring (bicyclic) bond motifs is 2. The predicted octanol–water partition coefficient (Wildman–Crippen LogP) is 6.93. The van der Waals surface area contributed by atoms with Gasteiger partial charge in [-0.25, -0.2) is 4.98 Å². The molecule has 0 fully saturated rings. The largest absolute Gasteiger partial charge is 0.493 e. The van der Waals surface area contributed by atoms with Crippen LogP contribution in [0, 0.1) is 10.1 Å². The van der Waals surface area contributed by atoms with Gasteiger partial charge < -0.3 is 19.2 Å². The number of rotatable bonds is 9. The Morgan fingerprint density at radius 1 is 1.07 bits per heavy atom. The minimum absolute atomic E-state index is 0.0340. The lowest BCUT2D eigenvalue weighted by Gasteiger charge is -2.12. The van der Waals surface area contributed by atoms with Gasteiger partial charge in [0.25, 0.3) is 11.5 Å². The van der Waals surface area contributed by atoms with Crippen molar-refractivity contribution in [2.24, 2.45) is 5.10 Å². The molecule has 1 amide bonds. The summed E-state index contributed by atoms with van der Waals surface area (Å²) in [7, 11) is 1.30. The minimum atomic E-state index is -0.680. The fraction of sp³-hybridized carbons (Fsp3) is 0.0625. The smallest absolute Gasteiger partial charge is 0.315 e. The number of carbonyl (C=O) groups excluding carboxylic acids is 1. The molecular weight excluding hydrogens is 637 g/mol. The van der Waals surface area contributed by atoms with Crippen LogP contribution in [0.15, 0.2) is 99.2 Å². The van der Waals surface area contributed by atoms with E-state index >= 15 is 0 Å². The molecule has 46 heavy (non-hydrogen) atoms. The number of benzene rings is 4. The molecule has 0 aliphatic carbocycles. The maximum atomic E-state index is 13.6. The van der Waals surface area contributed by atoms with Crippen molar-refractivity contribution in [1.82, 2.24) is 9.66 Å². The van der Waals surface area contributed by atoms with Crippen LogP contribution < -0.4 is 20.3 Å². The van der Waals surface area contributed by atoms with Crippen LogP contribution in [0.25, 0.3) is 33.5 Å². The zero-order chi connectivity index (χ0) is 32.4. The van der Waals surface area contributed by atoms with Gasteiger partial charge in [0.05, 0.1) is 29.2 Å². The highest BCUT2D eigenvalue weighted by Crippen LogP contribution is 2.38. The van der Waals surface area contributed by atoms with Crippen molar-refractivity contribution in [2.45, 2.75) is 0 Å². The first-order valence-electron chi connectivity index (χ1n) is 13.5. The van der Waals surface area contributed by atoms with Gasteiger partial charge >= 0.3 is 5.69 Å². The summed E-state index contributed by atoms with van der Waals surface area (Å²) in [6, 6.07) is 22.5. The molecule has 1 N–H and O–H groups in total. The van der Waals surface area contributed by atoms with Crippen molar-refractivity contribution < 1.29 is 23.6 Å². The fourth-order valence-corrected chi connectivity index (χ4v) is 4.93. The van der Waals surface area contributed by atoms with Gasteiger partial charge in [-0.2, -0.15) is 9.78 Å². The predicted molar refractivity (Wildman–Crippen MR) is 174 cm³/mol. The summed E-state index contributed by atoms with van der Waals surface area (Å²) < 4.78 is 17.9. The number of anilines is 1. The van der Waals surface area contributed by atoms with E-state index in [0.29, 0.717) is 37.6 Å². The van der Waals surface area contributed by atoms with Crippen LogP contribution in [0.3, 0.4) is 0 Å². The Kier molecular flexibility index (Phi) is 8.38. The Hall–Kier alpha value is -5.72. The van der Waals surface area contributed by atoms with E-state index in [4.69, 9.17) is 37.1 Å². The van der Waals surface area contributed by atoms with Crippen molar-refractivity contribution in [2.75, 3.05) is 19.0 Å². The summed E-state index contributed by atoms with van der Waals surface area (Å²) in [4.78, 5) is 42.1. The molecule has 0 atom stereocenters. The molecule has 0 saturated carbocycles. The maximum absolute atomic E-state index is 13.6. The van der Waals surface area contributed by atoms with E-state index in [1.165, 1.54) is 25.5 Å². The second kappa shape index (κ2) is 12.7. The van der Waals surface area contributed by atoms with E-state index < -0.39 is 28.7 Å². The minimum Gasteiger partial charge on any atom is -0.493 e. The zero-order valence-corrected chi connectivity index (χ0v) is 25.3. The van der Waals surface area contributed by atoms with Crippen LogP contribution in [0.5, 0.6) is 11.5 Å². The molecule has 4 aromatic carbocycles. The summed E-state index contributed by atoms with van der Waals surface area (Å²) in [5.74, 6) is -0.509. The number of nitrogens with one attached hydrogen (secondary N) is 1. The normalized spacial score (nSPS) is 11.3. The summed E-state index contributed by atoms with van der Waals surface area (Å²) in [5, 5.41) is 21.0. The van der Waals surface area contributed by atoms with Crippen molar-refractivity contribution in [3.63, 3.8) is 0 Å². The number of para-hydroxylation sites is 1. The number of hydrogen-bond acceptors (Lipinski definition) is 9. The molecule has 6 rings (SSSR count). The topological polar surface area (TPSA) is 151 Å². The second-order valence-corrected chi connectivity index (χ2v) is 10.7. The van der Waals surface area contributed by atoms with E-state index in [2.05, 4.69) is 15.4 Å². The van der Waals surface area contributed by atoms with Crippen LogP contribution in [-0.4, -0.2) is 40.4 Å². The lowest BCUT2D eigenvalue weighted by Crippen LogP contribution is -2.21. The Labute approximate surface area is 269 Å². The van der Waals surface area contributed by atoms with Crippen LogP contribution in [-0.2, 0) is 4.79 Å². The Morgan fingerprint density at radius 3 is 2.59 bits per heavy atom. The van der Waals surface area contributed by atoms with Gasteiger partial charge in [0, 0.05) is 32.7 Å². The molecule has 2 aromatic heterocycles. The second-order valence-electron chi connectivity index (χ2n) is 9.78. The number of aromatic nitrogens is 2. The van der Waals surface area contributed by atoms with Crippen LogP contribution in [0.4, 0.5) is 11.4 Å². The molecule has 6 aromatic rings. The molecule has 230 valence electrons. The number of nitro benzene ring substituents is 1. The number of furan rings is 1.